The van der Waals surface area contributed by atoms with Crippen LogP contribution < -0.4 is 0 Å². The van der Waals surface area contributed by atoms with Gasteiger partial charge in [-0.25, -0.2) is 0 Å². The third kappa shape index (κ3) is 2.69. The van der Waals surface area contributed by atoms with Crippen molar-refractivity contribution in [2.45, 2.75) is 65.6 Å². The van der Waals surface area contributed by atoms with Crippen LogP contribution in [0, 0.1) is 28.6 Å². The van der Waals surface area contributed by atoms with Crippen molar-refractivity contribution in [3.05, 3.63) is 23.3 Å². The van der Waals surface area contributed by atoms with Gasteiger partial charge in [-0.1, -0.05) is 44.9 Å². The molecule has 140 valence electrons. The molecule has 3 aliphatic carbocycles. The Morgan fingerprint density at radius 1 is 1.32 bits per heavy atom. The Balaban J connectivity index is 2.05. The normalized spacial score (nSPS) is 37.9. The number of carbonyl (C=O) groups excluding carboxylic acids is 1. The molecule has 0 amide bonds. The molecule has 1 saturated carbocycles. The molecule has 1 unspecified atom stereocenters. The standard InChI is InChI=1S/C21H32O4/c1-13(2)14-6-8-16-15(12-14)7-9-17-20(16,3)10-5-11-21(17,18(22)23)19(24)25-4/h7,12-13,16-18,22-23H,5-6,8-11H2,1-4H3/t16-,17?,20+,21+/m0/s1. The molecule has 4 nitrogen and oxygen atoms in total. The second-order valence-electron chi connectivity index (χ2n) is 8.72. The summed E-state index contributed by atoms with van der Waals surface area (Å²) in [5.41, 5.74) is 1.59. The van der Waals surface area contributed by atoms with Gasteiger partial charge in [0, 0.05) is 0 Å². The third-order valence-electron chi connectivity index (χ3n) is 7.35. The van der Waals surface area contributed by atoms with Crippen LogP contribution in [-0.2, 0) is 9.53 Å². The minimum atomic E-state index is -1.68. The fourth-order valence-electron chi connectivity index (χ4n) is 5.93. The van der Waals surface area contributed by atoms with Crippen LogP contribution in [0.4, 0.5) is 0 Å². The summed E-state index contributed by atoms with van der Waals surface area (Å²) in [4.78, 5) is 12.7. The molecular formula is C21H32O4. The van der Waals surface area contributed by atoms with Crippen molar-refractivity contribution in [1.29, 1.82) is 0 Å². The molecule has 0 saturated heterocycles. The largest absolute Gasteiger partial charge is 0.468 e. The predicted molar refractivity (Wildman–Crippen MR) is 96.5 cm³/mol. The lowest BCUT2D eigenvalue weighted by Crippen LogP contribution is -2.59. The zero-order chi connectivity index (χ0) is 18.4. The zero-order valence-corrected chi connectivity index (χ0v) is 15.9. The van der Waals surface area contributed by atoms with Crippen LogP contribution in [0.15, 0.2) is 23.3 Å². The Kier molecular flexibility index (Phi) is 4.89. The molecule has 0 spiro atoms. The lowest BCUT2D eigenvalue weighted by Gasteiger charge is -2.58. The van der Waals surface area contributed by atoms with Gasteiger partial charge in [0.15, 0.2) is 6.29 Å². The molecule has 3 aliphatic rings. The van der Waals surface area contributed by atoms with Gasteiger partial charge in [0.1, 0.15) is 5.41 Å². The average Bonchev–Trinajstić information content (AvgIpc) is 2.59. The second kappa shape index (κ2) is 6.55. The van der Waals surface area contributed by atoms with Gasteiger partial charge in [-0.15, -0.1) is 0 Å². The number of ether oxygens (including phenoxy) is 1. The SMILES string of the molecule is COC(=O)[C@]1(C(O)O)CCC[C@@]2(C)C1CC=C1C=C(C(C)C)CC[C@@H]12. The van der Waals surface area contributed by atoms with Gasteiger partial charge >= 0.3 is 5.97 Å². The monoisotopic (exact) mass is 348 g/mol. The van der Waals surface area contributed by atoms with Crippen molar-refractivity contribution in [3.8, 4) is 0 Å². The van der Waals surface area contributed by atoms with Crippen molar-refractivity contribution in [3.63, 3.8) is 0 Å². The Labute approximate surface area is 151 Å². The lowest BCUT2D eigenvalue weighted by molar-refractivity contribution is -0.221. The molecule has 3 rings (SSSR count). The van der Waals surface area contributed by atoms with Gasteiger partial charge in [-0.05, 0) is 60.8 Å². The van der Waals surface area contributed by atoms with Crippen LogP contribution in [0.25, 0.3) is 0 Å². The van der Waals surface area contributed by atoms with Gasteiger partial charge in [0.25, 0.3) is 0 Å². The summed E-state index contributed by atoms with van der Waals surface area (Å²) >= 11 is 0. The van der Waals surface area contributed by atoms with E-state index in [1.807, 2.05) is 0 Å². The van der Waals surface area contributed by atoms with Gasteiger partial charge < -0.3 is 14.9 Å². The van der Waals surface area contributed by atoms with E-state index in [9.17, 15) is 15.0 Å². The molecule has 0 heterocycles. The first-order valence-corrected chi connectivity index (χ1v) is 9.62. The topological polar surface area (TPSA) is 66.8 Å². The van der Waals surface area contributed by atoms with Crippen LogP contribution in [0.2, 0.25) is 0 Å². The van der Waals surface area contributed by atoms with E-state index in [1.165, 1.54) is 18.3 Å². The lowest BCUT2D eigenvalue weighted by atomic mass is 9.46. The van der Waals surface area contributed by atoms with Gasteiger partial charge in [-0.2, -0.15) is 0 Å². The number of hydrogen-bond acceptors (Lipinski definition) is 4. The van der Waals surface area contributed by atoms with Crippen LogP contribution in [0.1, 0.15) is 59.3 Å². The van der Waals surface area contributed by atoms with E-state index in [0.717, 1.165) is 25.7 Å². The molecule has 0 aliphatic heterocycles. The molecule has 0 aromatic rings. The average molecular weight is 348 g/mol. The van der Waals surface area contributed by atoms with Crippen LogP contribution in [0.3, 0.4) is 0 Å². The second-order valence-corrected chi connectivity index (χ2v) is 8.72. The first-order valence-electron chi connectivity index (χ1n) is 9.62. The first kappa shape index (κ1) is 18.7. The summed E-state index contributed by atoms with van der Waals surface area (Å²) in [7, 11) is 1.35. The highest BCUT2D eigenvalue weighted by molar-refractivity contribution is 5.78. The number of aliphatic hydroxyl groups excluding tert-OH is 1. The van der Waals surface area contributed by atoms with Crippen LogP contribution in [-0.4, -0.2) is 29.6 Å². The van der Waals surface area contributed by atoms with E-state index < -0.39 is 17.7 Å². The molecule has 4 heteroatoms. The number of esters is 1. The Bertz CT molecular complexity index is 603. The Hall–Kier alpha value is -1.13. The fourth-order valence-corrected chi connectivity index (χ4v) is 5.93. The molecule has 0 radical (unpaired) electrons. The molecule has 1 fully saturated rings. The van der Waals surface area contributed by atoms with Gasteiger partial charge in [0.05, 0.1) is 7.11 Å². The predicted octanol–water partition coefficient (Wildman–Crippen LogP) is 3.59. The number of allylic oxidation sites excluding steroid dienone is 4. The molecule has 25 heavy (non-hydrogen) atoms. The van der Waals surface area contributed by atoms with Crippen molar-refractivity contribution in [2.75, 3.05) is 7.11 Å². The van der Waals surface area contributed by atoms with E-state index in [0.29, 0.717) is 24.7 Å². The molecule has 2 N–H and O–H groups in total. The summed E-state index contributed by atoms with van der Waals surface area (Å²) in [5.74, 6) is 0.387. The van der Waals surface area contributed by atoms with Gasteiger partial charge in [0.2, 0.25) is 0 Å². The minimum Gasteiger partial charge on any atom is -0.468 e. The summed E-state index contributed by atoms with van der Waals surface area (Å²) < 4.78 is 5.04. The molecular weight excluding hydrogens is 316 g/mol. The van der Waals surface area contributed by atoms with Crippen LogP contribution >= 0.6 is 0 Å². The summed E-state index contributed by atoms with van der Waals surface area (Å²) in [6.07, 6.45) is 8.15. The molecule has 0 bridgehead atoms. The fraction of sp³-hybridized carbons (Fsp3) is 0.762. The highest BCUT2D eigenvalue weighted by Gasteiger charge is 2.62. The minimum absolute atomic E-state index is 0.0936. The van der Waals surface area contributed by atoms with Gasteiger partial charge in [-0.3, -0.25) is 4.79 Å². The Morgan fingerprint density at radius 2 is 2.04 bits per heavy atom. The zero-order valence-electron chi connectivity index (χ0n) is 15.9. The molecule has 0 aromatic heterocycles. The number of carbonyl (C=O) groups is 1. The number of methoxy groups -OCH3 is 1. The maximum Gasteiger partial charge on any atom is 0.317 e. The highest BCUT2D eigenvalue weighted by atomic mass is 16.5. The van der Waals surface area contributed by atoms with Crippen molar-refractivity contribution in [1.82, 2.24) is 0 Å². The number of hydrogen-bond donors (Lipinski definition) is 2. The van der Waals surface area contributed by atoms with E-state index in [1.54, 1.807) is 0 Å². The van der Waals surface area contributed by atoms with Crippen molar-refractivity contribution < 1.29 is 19.7 Å². The molecule has 4 atom stereocenters. The van der Waals surface area contributed by atoms with Crippen molar-refractivity contribution in [2.24, 2.45) is 28.6 Å². The third-order valence-corrected chi connectivity index (χ3v) is 7.35. The summed E-state index contributed by atoms with van der Waals surface area (Å²) in [5, 5.41) is 20.4. The first-order chi connectivity index (χ1) is 11.8. The quantitative estimate of drug-likeness (QED) is 0.604. The maximum absolute atomic E-state index is 12.7. The van der Waals surface area contributed by atoms with Crippen LogP contribution in [0.5, 0.6) is 0 Å². The van der Waals surface area contributed by atoms with E-state index in [-0.39, 0.29) is 11.3 Å². The Morgan fingerprint density at radius 3 is 2.64 bits per heavy atom. The van der Waals surface area contributed by atoms with E-state index in [2.05, 4.69) is 32.9 Å². The maximum atomic E-state index is 12.7. The summed E-state index contributed by atoms with van der Waals surface area (Å²) in [6, 6.07) is 0. The number of fused-ring (bicyclic) bond motifs is 3. The van der Waals surface area contributed by atoms with E-state index in [4.69, 9.17) is 4.74 Å². The number of aliphatic hydroxyl groups is 2. The highest BCUT2D eigenvalue weighted by Crippen LogP contribution is 2.63. The number of rotatable bonds is 3. The summed E-state index contributed by atoms with van der Waals surface area (Å²) in [6.45, 7) is 6.74. The van der Waals surface area contributed by atoms with Crippen molar-refractivity contribution >= 4 is 5.97 Å². The molecule has 0 aromatic carbocycles. The smallest absolute Gasteiger partial charge is 0.317 e. The van der Waals surface area contributed by atoms with E-state index >= 15 is 0 Å².